The van der Waals surface area contributed by atoms with Crippen LogP contribution in [0.2, 0.25) is 0 Å². The predicted octanol–water partition coefficient (Wildman–Crippen LogP) is 5.09. The van der Waals surface area contributed by atoms with Crippen molar-refractivity contribution in [3.05, 3.63) is 95.3 Å². The number of nitrogens with zero attached hydrogens (tertiary/aromatic N) is 1. The van der Waals surface area contributed by atoms with Crippen LogP contribution in [0.5, 0.6) is 17.2 Å². The Labute approximate surface area is 249 Å². The second-order valence-electron chi connectivity index (χ2n) is 10.3. The fraction of sp³-hybridized carbons (Fsp3) is 0.258. The first-order chi connectivity index (χ1) is 20.6. The number of fused-ring (bicyclic) bond motifs is 1. The molecule has 1 aliphatic heterocycles. The van der Waals surface area contributed by atoms with E-state index in [-0.39, 0.29) is 23.5 Å². The number of aromatic amines is 1. The van der Waals surface area contributed by atoms with E-state index < -0.39 is 22.0 Å². The molecule has 0 aliphatic carbocycles. The van der Waals surface area contributed by atoms with Gasteiger partial charge in [-0.3, -0.25) is 14.9 Å². The van der Waals surface area contributed by atoms with Crippen LogP contribution in [0.25, 0.3) is 0 Å². The maximum atomic E-state index is 13.7. The van der Waals surface area contributed by atoms with Gasteiger partial charge >= 0.3 is 0 Å². The van der Waals surface area contributed by atoms with E-state index in [1.807, 2.05) is 20.8 Å². The number of carbonyl (C=O) groups is 2. The third kappa shape index (κ3) is 6.81. The minimum atomic E-state index is -4.22. The van der Waals surface area contributed by atoms with Crippen LogP contribution in [-0.2, 0) is 21.2 Å². The number of H-pyrrole nitrogens is 1. The number of rotatable bonds is 11. The molecule has 12 heteroatoms. The van der Waals surface area contributed by atoms with Gasteiger partial charge in [0.2, 0.25) is 18.8 Å². The molecule has 0 spiro atoms. The lowest BCUT2D eigenvalue weighted by molar-refractivity contribution is -0.126. The molecule has 0 saturated carbocycles. The molecule has 3 N–H and O–H groups in total. The van der Waals surface area contributed by atoms with Gasteiger partial charge in [-0.2, -0.15) is 0 Å². The highest BCUT2D eigenvalue weighted by Crippen LogP contribution is 2.36. The molecule has 5 rings (SSSR count). The maximum Gasteiger partial charge on any atom is 0.279 e. The van der Waals surface area contributed by atoms with Crippen LogP contribution in [0, 0.1) is 0 Å². The SMILES string of the molecule is CCCc1cc(C(=O)Nc2ncc[nH]2)ccc1OC(C(=O)NS(=O)(=O)c1ccc(C(C)C)cc1)c1ccc2c(c1)OCO2. The molecule has 0 bridgehead atoms. The van der Waals surface area contributed by atoms with Crippen LogP contribution >= 0.6 is 0 Å². The van der Waals surface area contributed by atoms with Crippen molar-refractivity contribution in [2.75, 3.05) is 12.1 Å². The van der Waals surface area contributed by atoms with Crippen molar-refractivity contribution in [2.45, 2.75) is 50.5 Å². The summed E-state index contributed by atoms with van der Waals surface area (Å²) in [5.41, 5.74) is 2.36. The lowest BCUT2D eigenvalue weighted by atomic mass is 10.0. The number of ether oxygens (including phenoxy) is 3. The Kier molecular flexibility index (Phi) is 8.67. The van der Waals surface area contributed by atoms with Gasteiger partial charge in [0, 0.05) is 23.5 Å². The van der Waals surface area contributed by atoms with Gasteiger partial charge < -0.3 is 19.2 Å². The Morgan fingerprint density at radius 3 is 2.44 bits per heavy atom. The highest BCUT2D eigenvalue weighted by molar-refractivity contribution is 7.90. The number of amides is 2. The largest absolute Gasteiger partial charge is 0.475 e. The van der Waals surface area contributed by atoms with E-state index in [0.29, 0.717) is 46.3 Å². The molecule has 4 aromatic rings. The molecule has 1 atom stereocenters. The minimum absolute atomic E-state index is 0.0272. The molecular weight excluding hydrogens is 572 g/mol. The summed E-state index contributed by atoms with van der Waals surface area (Å²) in [5, 5.41) is 2.68. The van der Waals surface area contributed by atoms with E-state index in [4.69, 9.17) is 14.2 Å². The van der Waals surface area contributed by atoms with E-state index in [1.165, 1.54) is 18.3 Å². The predicted molar refractivity (Wildman–Crippen MR) is 159 cm³/mol. The number of benzene rings is 3. The van der Waals surface area contributed by atoms with Crippen LogP contribution in [0.4, 0.5) is 5.95 Å². The van der Waals surface area contributed by atoms with Crippen molar-refractivity contribution < 1.29 is 32.2 Å². The zero-order chi connectivity index (χ0) is 30.6. The van der Waals surface area contributed by atoms with Crippen molar-refractivity contribution >= 4 is 27.8 Å². The summed E-state index contributed by atoms with van der Waals surface area (Å²) in [6.07, 6.45) is 3.00. The molecule has 2 amide bonds. The Morgan fingerprint density at radius 1 is 1.00 bits per heavy atom. The van der Waals surface area contributed by atoms with Crippen LogP contribution in [0.15, 0.2) is 78.0 Å². The lowest BCUT2D eigenvalue weighted by Gasteiger charge is -2.22. The number of hydrogen-bond donors (Lipinski definition) is 3. The second-order valence-corrected chi connectivity index (χ2v) is 12.0. The molecule has 1 aliphatic rings. The van der Waals surface area contributed by atoms with Gasteiger partial charge in [0.05, 0.1) is 4.90 Å². The van der Waals surface area contributed by atoms with Crippen LogP contribution in [-0.4, -0.2) is 37.0 Å². The summed E-state index contributed by atoms with van der Waals surface area (Å²) in [7, 11) is -4.22. The maximum absolute atomic E-state index is 13.7. The number of nitrogens with one attached hydrogen (secondary N) is 3. The van der Waals surface area contributed by atoms with E-state index in [1.54, 1.807) is 54.7 Å². The lowest BCUT2D eigenvalue weighted by Crippen LogP contribution is -2.37. The van der Waals surface area contributed by atoms with Gasteiger partial charge in [0.15, 0.2) is 11.5 Å². The summed E-state index contributed by atoms with van der Waals surface area (Å²) in [4.78, 5) is 33.3. The smallest absolute Gasteiger partial charge is 0.279 e. The highest BCUT2D eigenvalue weighted by Gasteiger charge is 2.30. The molecule has 224 valence electrons. The molecule has 43 heavy (non-hydrogen) atoms. The summed E-state index contributed by atoms with van der Waals surface area (Å²) >= 11 is 0. The molecule has 11 nitrogen and oxygen atoms in total. The number of anilines is 1. The first-order valence-corrected chi connectivity index (χ1v) is 15.3. The van der Waals surface area contributed by atoms with Gasteiger partial charge in [-0.05, 0) is 65.9 Å². The van der Waals surface area contributed by atoms with Gasteiger partial charge in [-0.25, -0.2) is 18.1 Å². The Bertz CT molecular complexity index is 1720. The van der Waals surface area contributed by atoms with Crippen LogP contribution in [0.1, 0.15) is 66.3 Å². The molecule has 2 heterocycles. The van der Waals surface area contributed by atoms with E-state index in [0.717, 1.165) is 12.0 Å². The van der Waals surface area contributed by atoms with Crippen LogP contribution < -0.4 is 24.2 Å². The minimum Gasteiger partial charge on any atom is -0.475 e. The number of carbonyl (C=O) groups excluding carboxylic acids is 2. The molecule has 1 unspecified atom stereocenters. The van der Waals surface area contributed by atoms with Crippen molar-refractivity contribution in [2.24, 2.45) is 0 Å². The standard InChI is InChI=1S/C31H32N4O7S/c1-4-5-21-16-23(29(36)34-31-32-14-15-33-31)9-12-25(21)42-28(22-8-13-26-27(17-22)41-18-40-26)30(37)35-43(38,39)24-10-6-20(7-11-24)19(2)3/h6-17,19,28H,4-5,18H2,1-3H3,(H,35,37)(H2,32,33,34,36). The van der Waals surface area contributed by atoms with E-state index in [9.17, 15) is 18.0 Å². The summed E-state index contributed by atoms with van der Waals surface area (Å²) in [5.74, 6) is 0.487. The van der Waals surface area contributed by atoms with Crippen molar-refractivity contribution in [3.63, 3.8) is 0 Å². The fourth-order valence-electron chi connectivity index (χ4n) is 4.57. The number of imidazole rings is 1. The van der Waals surface area contributed by atoms with Crippen molar-refractivity contribution in [3.8, 4) is 17.2 Å². The number of aromatic nitrogens is 2. The van der Waals surface area contributed by atoms with Gasteiger partial charge in [-0.15, -0.1) is 0 Å². The summed E-state index contributed by atoms with van der Waals surface area (Å²) in [6, 6.07) is 16.0. The Balaban J connectivity index is 1.45. The zero-order valence-electron chi connectivity index (χ0n) is 23.9. The molecular formula is C31H32N4O7S. The van der Waals surface area contributed by atoms with Crippen molar-refractivity contribution in [1.82, 2.24) is 14.7 Å². The Hall–Kier alpha value is -4.84. The van der Waals surface area contributed by atoms with Gasteiger partial charge in [-0.1, -0.05) is 45.4 Å². The van der Waals surface area contributed by atoms with Crippen LogP contribution in [0.3, 0.4) is 0 Å². The average Bonchev–Trinajstić information content (AvgIpc) is 3.68. The molecule has 0 saturated heterocycles. The normalized spacial score (nSPS) is 13.0. The third-order valence-corrected chi connectivity index (χ3v) is 8.21. The zero-order valence-corrected chi connectivity index (χ0v) is 24.7. The number of hydrogen-bond acceptors (Lipinski definition) is 8. The first kappa shape index (κ1) is 29.6. The van der Waals surface area contributed by atoms with E-state index in [2.05, 4.69) is 20.0 Å². The average molecular weight is 605 g/mol. The molecule has 3 aromatic carbocycles. The molecule has 0 radical (unpaired) electrons. The summed E-state index contributed by atoms with van der Waals surface area (Å²) in [6.45, 7) is 6.00. The highest BCUT2D eigenvalue weighted by atomic mass is 32.2. The quantitative estimate of drug-likeness (QED) is 0.214. The Morgan fingerprint density at radius 2 is 1.74 bits per heavy atom. The number of sulfonamides is 1. The fourth-order valence-corrected chi connectivity index (χ4v) is 5.55. The summed E-state index contributed by atoms with van der Waals surface area (Å²) < 4.78 is 45.8. The first-order valence-electron chi connectivity index (χ1n) is 13.8. The van der Waals surface area contributed by atoms with Crippen molar-refractivity contribution in [1.29, 1.82) is 0 Å². The van der Waals surface area contributed by atoms with E-state index >= 15 is 0 Å². The molecule has 0 fully saturated rings. The second kappa shape index (κ2) is 12.6. The monoisotopic (exact) mass is 604 g/mol. The third-order valence-electron chi connectivity index (χ3n) is 6.85. The van der Waals surface area contributed by atoms with Gasteiger partial charge in [0.1, 0.15) is 5.75 Å². The molecule has 1 aromatic heterocycles. The topological polar surface area (TPSA) is 149 Å². The van der Waals surface area contributed by atoms with Gasteiger partial charge in [0.25, 0.3) is 21.8 Å². The number of aryl methyl sites for hydroxylation is 1.